The van der Waals surface area contributed by atoms with Gasteiger partial charge in [0.1, 0.15) is 0 Å². The molecule has 2 heterocycles. The Morgan fingerprint density at radius 2 is 2.10 bits per heavy atom. The van der Waals surface area contributed by atoms with Crippen LogP contribution in [0.4, 0.5) is 0 Å². The highest BCUT2D eigenvalue weighted by Gasteiger charge is 2.26. The zero-order valence-corrected chi connectivity index (χ0v) is 11.6. The van der Waals surface area contributed by atoms with Crippen LogP contribution in [-0.2, 0) is 0 Å². The predicted molar refractivity (Wildman–Crippen MR) is 74.7 cm³/mol. The van der Waals surface area contributed by atoms with Gasteiger partial charge in [0.15, 0.2) is 0 Å². The third kappa shape index (κ3) is 2.73. The predicted octanol–water partition coefficient (Wildman–Crippen LogP) is 2.57. The molecule has 6 heteroatoms. The van der Waals surface area contributed by atoms with E-state index in [2.05, 4.69) is 15.5 Å². The van der Waals surface area contributed by atoms with Gasteiger partial charge in [-0.2, -0.15) is 0 Å². The number of carbonyl (C=O) groups is 1. The van der Waals surface area contributed by atoms with E-state index in [1.54, 1.807) is 18.2 Å². The van der Waals surface area contributed by atoms with Crippen molar-refractivity contribution in [3.05, 3.63) is 35.2 Å². The summed E-state index contributed by atoms with van der Waals surface area (Å²) in [4.78, 5) is 12.3. The van der Waals surface area contributed by atoms with E-state index in [4.69, 9.17) is 16.0 Å². The molecule has 3 rings (SSSR count). The molecule has 1 aliphatic rings. The number of piperidine rings is 1. The normalized spacial score (nSPS) is 16.2. The molecule has 0 atom stereocenters. The summed E-state index contributed by atoms with van der Waals surface area (Å²) in [5, 5.41) is 11.6. The molecule has 0 saturated carbocycles. The Kier molecular flexibility index (Phi) is 3.80. The van der Waals surface area contributed by atoms with E-state index in [9.17, 15) is 4.79 Å². The van der Waals surface area contributed by atoms with Gasteiger partial charge in [-0.3, -0.25) is 4.79 Å². The highest BCUT2D eigenvalue weighted by Crippen LogP contribution is 2.23. The van der Waals surface area contributed by atoms with E-state index in [-0.39, 0.29) is 17.6 Å². The van der Waals surface area contributed by atoms with Crippen LogP contribution in [0, 0.1) is 5.92 Å². The average Bonchev–Trinajstić information content (AvgIpc) is 2.97. The van der Waals surface area contributed by atoms with Crippen molar-refractivity contribution >= 4 is 17.4 Å². The molecule has 0 unspecified atom stereocenters. The number of hydrogen-bond donors (Lipinski definition) is 1. The van der Waals surface area contributed by atoms with Gasteiger partial charge in [0.2, 0.25) is 11.7 Å². The topological polar surface area (TPSA) is 68.0 Å². The summed E-state index contributed by atoms with van der Waals surface area (Å²) in [7, 11) is 0. The first-order chi connectivity index (χ1) is 9.74. The maximum Gasteiger partial charge on any atom is 0.284 e. The Hall–Kier alpha value is -1.72. The maximum absolute atomic E-state index is 12.3. The van der Waals surface area contributed by atoms with Crippen LogP contribution >= 0.6 is 11.6 Å². The lowest BCUT2D eigenvalue weighted by molar-refractivity contribution is 0.0859. The summed E-state index contributed by atoms with van der Waals surface area (Å²) in [5.74, 6) is 0.327. The number of halogens is 1. The summed E-state index contributed by atoms with van der Waals surface area (Å²) in [6.45, 7) is 1.71. The molecule has 1 aromatic carbocycles. The largest absolute Gasteiger partial charge is 0.414 e. The van der Waals surface area contributed by atoms with Gasteiger partial charge in [0.25, 0.3) is 5.89 Å². The van der Waals surface area contributed by atoms with Crippen LogP contribution in [0.1, 0.15) is 23.5 Å². The molecule has 104 valence electrons. The van der Waals surface area contributed by atoms with Crippen molar-refractivity contribution in [1.82, 2.24) is 15.5 Å². The molecule has 2 aromatic rings. The van der Waals surface area contributed by atoms with E-state index < -0.39 is 0 Å². The first-order valence-electron chi connectivity index (χ1n) is 6.58. The molecule has 0 spiro atoms. The SMILES string of the molecule is O=C(c1nnc(-c2cccc(Cl)c2)o1)C1CCNCC1. The lowest BCUT2D eigenvalue weighted by Crippen LogP contribution is -2.32. The molecule has 0 amide bonds. The Bertz CT molecular complexity index is 620. The third-order valence-corrected chi connectivity index (χ3v) is 3.65. The standard InChI is InChI=1S/C14H14ClN3O2/c15-11-3-1-2-10(8-11)13-17-18-14(20-13)12(19)9-4-6-16-7-5-9/h1-3,8-9,16H,4-7H2. The summed E-state index contributed by atoms with van der Waals surface area (Å²) >= 11 is 5.92. The third-order valence-electron chi connectivity index (χ3n) is 3.42. The highest BCUT2D eigenvalue weighted by atomic mass is 35.5. The molecule has 1 aliphatic heterocycles. The molecular weight excluding hydrogens is 278 g/mol. The van der Waals surface area contributed by atoms with Crippen molar-refractivity contribution in [2.45, 2.75) is 12.8 Å². The smallest absolute Gasteiger partial charge is 0.284 e. The Labute approximate surface area is 121 Å². The summed E-state index contributed by atoms with van der Waals surface area (Å²) in [6, 6.07) is 7.12. The molecule has 1 aromatic heterocycles. The first-order valence-corrected chi connectivity index (χ1v) is 6.96. The Morgan fingerprint density at radius 3 is 2.85 bits per heavy atom. The molecule has 0 aliphatic carbocycles. The zero-order chi connectivity index (χ0) is 13.9. The zero-order valence-electron chi connectivity index (χ0n) is 10.8. The number of aromatic nitrogens is 2. The number of Topliss-reactive ketones (excluding diaryl/α,β-unsaturated/α-hetero) is 1. The number of ketones is 1. The maximum atomic E-state index is 12.3. The van der Waals surface area contributed by atoms with Crippen LogP contribution < -0.4 is 5.32 Å². The first kappa shape index (κ1) is 13.3. The van der Waals surface area contributed by atoms with E-state index in [1.165, 1.54) is 0 Å². The van der Waals surface area contributed by atoms with Crippen molar-refractivity contribution in [1.29, 1.82) is 0 Å². The quantitative estimate of drug-likeness (QED) is 0.880. The van der Waals surface area contributed by atoms with Crippen molar-refractivity contribution < 1.29 is 9.21 Å². The minimum Gasteiger partial charge on any atom is -0.414 e. The average molecular weight is 292 g/mol. The van der Waals surface area contributed by atoms with E-state index in [1.807, 2.05) is 6.07 Å². The van der Waals surface area contributed by atoms with Gasteiger partial charge in [-0.25, -0.2) is 0 Å². The Morgan fingerprint density at radius 1 is 1.30 bits per heavy atom. The van der Waals surface area contributed by atoms with Gasteiger partial charge in [0, 0.05) is 16.5 Å². The fourth-order valence-electron chi connectivity index (χ4n) is 2.32. The van der Waals surface area contributed by atoms with Crippen LogP contribution in [0.2, 0.25) is 5.02 Å². The second kappa shape index (κ2) is 5.73. The van der Waals surface area contributed by atoms with Crippen molar-refractivity contribution in [2.24, 2.45) is 5.92 Å². The minimum absolute atomic E-state index is 0.0242. The number of benzene rings is 1. The van der Waals surface area contributed by atoms with Crippen molar-refractivity contribution in [2.75, 3.05) is 13.1 Å². The second-order valence-electron chi connectivity index (χ2n) is 4.81. The molecule has 1 N–H and O–H groups in total. The van der Waals surface area contributed by atoms with Gasteiger partial charge >= 0.3 is 0 Å². The molecule has 0 bridgehead atoms. The monoisotopic (exact) mass is 291 g/mol. The van der Waals surface area contributed by atoms with Crippen molar-refractivity contribution in [3.63, 3.8) is 0 Å². The van der Waals surface area contributed by atoms with Gasteiger partial charge in [0.05, 0.1) is 0 Å². The highest BCUT2D eigenvalue weighted by molar-refractivity contribution is 6.30. The molecule has 5 nitrogen and oxygen atoms in total. The van der Waals surface area contributed by atoms with Gasteiger partial charge in [-0.05, 0) is 44.1 Å². The van der Waals surface area contributed by atoms with Gasteiger partial charge in [-0.1, -0.05) is 17.7 Å². The molecular formula is C14H14ClN3O2. The van der Waals surface area contributed by atoms with Crippen molar-refractivity contribution in [3.8, 4) is 11.5 Å². The lowest BCUT2D eigenvalue weighted by Gasteiger charge is -2.19. The number of hydrogen-bond acceptors (Lipinski definition) is 5. The number of carbonyl (C=O) groups excluding carboxylic acids is 1. The van der Waals surface area contributed by atoms with Crippen LogP contribution in [0.5, 0.6) is 0 Å². The number of rotatable bonds is 3. The molecule has 20 heavy (non-hydrogen) atoms. The fourth-order valence-corrected chi connectivity index (χ4v) is 2.51. The van der Waals surface area contributed by atoms with Gasteiger partial charge < -0.3 is 9.73 Å². The van der Waals surface area contributed by atoms with E-state index >= 15 is 0 Å². The fraction of sp³-hybridized carbons (Fsp3) is 0.357. The molecule has 1 saturated heterocycles. The summed E-state index contributed by atoms with van der Waals surface area (Å²) < 4.78 is 5.49. The molecule has 0 radical (unpaired) electrons. The summed E-state index contributed by atoms with van der Waals surface area (Å²) in [5.41, 5.74) is 0.717. The lowest BCUT2D eigenvalue weighted by atomic mass is 9.93. The van der Waals surface area contributed by atoms with Crippen LogP contribution in [-0.4, -0.2) is 29.1 Å². The Balaban J connectivity index is 1.81. The summed E-state index contributed by atoms with van der Waals surface area (Å²) in [6.07, 6.45) is 1.63. The van der Waals surface area contributed by atoms with Gasteiger partial charge in [-0.15, -0.1) is 10.2 Å². The molecule has 1 fully saturated rings. The van der Waals surface area contributed by atoms with E-state index in [0.29, 0.717) is 10.9 Å². The van der Waals surface area contributed by atoms with E-state index in [0.717, 1.165) is 31.5 Å². The second-order valence-corrected chi connectivity index (χ2v) is 5.25. The van der Waals surface area contributed by atoms with Crippen LogP contribution in [0.25, 0.3) is 11.5 Å². The van der Waals surface area contributed by atoms with Crippen LogP contribution in [0.3, 0.4) is 0 Å². The minimum atomic E-state index is -0.0627. The van der Waals surface area contributed by atoms with Crippen LogP contribution in [0.15, 0.2) is 28.7 Å². The number of nitrogens with one attached hydrogen (secondary N) is 1. The number of nitrogens with zero attached hydrogens (tertiary/aromatic N) is 2.